The molecule has 0 bridgehead atoms. The second-order valence-corrected chi connectivity index (χ2v) is 8.95. The Kier molecular flexibility index (Phi) is 5.27. The van der Waals surface area contributed by atoms with Crippen LogP contribution in [0, 0.1) is 6.92 Å². The fourth-order valence-corrected chi connectivity index (χ4v) is 5.54. The van der Waals surface area contributed by atoms with E-state index in [9.17, 15) is 14.7 Å². The minimum absolute atomic E-state index is 0.0937. The Hall–Kier alpha value is -3.25. The van der Waals surface area contributed by atoms with E-state index in [4.69, 9.17) is 4.98 Å². The third kappa shape index (κ3) is 3.57. The van der Waals surface area contributed by atoms with E-state index in [0.29, 0.717) is 11.1 Å². The fraction of sp³-hybridized carbons (Fsp3) is 0.240. The van der Waals surface area contributed by atoms with Gasteiger partial charge in [-0.3, -0.25) is 14.5 Å². The highest BCUT2D eigenvalue weighted by Crippen LogP contribution is 2.45. The van der Waals surface area contributed by atoms with Gasteiger partial charge in [-0.2, -0.15) is 0 Å². The Morgan fingerprint density at radius 3 is 2.06 bits per heavy atom. The van der Waals surface area contributed by atoms with Gasteiger partial charge in [-0.1, -0.05) is 29.5 Å². The molecule has 6 heteroatoms. The molecule has 0 saturated carbocycles. The molecule has 0 saturated heterocycles. The number of carbonyl (C=O) groups is 2. The number of hydrogen-bond donors (Lipinski definition) is 1. The number of allylic oxidation sites excluding steroid dienone is 4. The molecule has 0 unspecified atom stereocenters. The molecule has 1 aromatic heterocycles. The van der Waals surface area contributed by atoms with Gasteiger partial charge in [0.2, 0.25) is 0 Å². The van der Waals surface area contributed by atoms with Gasteiger partial charge in [0.1, 0.15) is 5.75 Å². The maximum absolute atomic E-state index is 12.8. The number of aromatic nitrogens is 1. The van der Waals surface area contributed by atoms with E-state index in [-0.39, 0.29) is 17.3 Å². The Balaban J connectivity index is 1.97. The largest absolute Gasteiger partial charge is 0.508 e. The number of aromatic hydroxyl groups is 1. The number of anilines is 1. The van der Waals surface area contributed by atoms with Gasteiger partial charge in [-0.15, -0.1) is 0 Å². The first kappa shape index (κ1) is 21.0. The maximum Gasteiger partial charge on any atom is 0.195 e. The summed E-state index contributed by atoms with van der Waals surface area (Å²) in [4.78, 5) is 32.4. The van der Waals surface area contributed by atoms with Gasteiger partial charge in [0, 0.05) is 28.5 Å². The van der Waals surface area contributed by atoms with Crippen molar-refractivity contribution < 1.29 is 14.7 Å². The van der Waals surface area contributed by atoms with Gasteiger partial charge in [-0.05, 0) is 70.0 Å². The normalized spacial score (nSPS) is 15.2. The standard InChI is InChI=1S/C25H24N2O3S/c1-13-6-11-20-21(12-13)31-25(26-20)27-14(2)22(16(4)28)24(23(15(27)3)17(5)29)18-7-9-19(30)10-8-18/h6-12,24,30H,1-5H3. The summed E-state index contributed by atoms with van der Waals surface area (Å²) in [7, 11) is 0. The van der Waals surface area contributed by atoms with Crippen molar-refractivity contribution in [2.75, 3.05) is 4.90 Å². The van der Waals surface area contributed by atoms with E-state index < -0.39 is 5.92 Å². The third-order valence-corrected chi connectivity index (χ3v) is 6.74. The lowest BCUT2D eigenvalue weighted by atomic mass is 9.77. The van der Waals surface area contributed by atoms with Crippen LogP contribution < -0.4 is 4.90 Å². The van der Waals surface area contributed by atoms with E-state index in [1.165, 1.54) is 13.8 Å². The number of ketones is 2. The number of phenols is 1. The van der Waals surface area contributed by atoms with Crippen LogP contribution in [0.2, 0.25) is 0 Å². The first-order chi connectivity index (χ1) is 14.7. The molecule has 31 heavy (non-hydrogen) atoms. The SMILES string of the molecule is CC(=O)C1=C(C)N(c2nc3ccc(C)cc3s2)C(C)=C(C(C)=O)C1c1ccc(O)cc1. The smallest absolute Gasteiger partial charge is 0.195 e. The number of nitrogens with zero attached hydrogens (tertiary/aromatic N) is 2. The number of carbonyl (C=O) groups excluding carboxylic acids is 2. The number of thiazole rings is 1. The number of benzene rings is 2. The zero-order valence-corrected chi connectivity index (χ0v) is 19.0. The lowest BCUT2D eigenvalue weighted by Gasteiger charge is -2.36. The molecule has 3 aromatic rings. The topological polar surface area (TPSA) is 70.5 Å². The summed E-state index contributed by atoms with van der Waals surface area (Å²) >= 11 is 1.54. The summed E-state index contributed by atoms with van der Waals surface area (Å²) < 4.78 is 1.06. The van der Waals surface area contributed by atoms with Crippen molar-refractivity contribution >= 4 is 38.3 Å². The van der Waals surface area contributed by atoms with Crippen LogP contribution in [0.3, 0.4) is 0 Å². The van der Waals surface area contributed by atoms with E-state index in [1.54, 1.807) is 35.6 Å². The summed E-state index contributed by atoms with van der Waals surface area (Å²) in [6.45, 7) is 8.92. The first-order valence-electron chi connectivity index (χ1n) is 10.1. The zero-order valence-electron chi connectivity index (χ0n) is 18.2. The Morgan fingerprint density at radius 2 is 1.52 bits per heavy atom. The summed E-state index contributed by atoms with van der Waals surface area (Å²) in [6, 6.07) is 12.8. The van der Waals surface area contributed by atoms with Crippen molar-refractivity contribution in [1.29, 1.82) is 0 Å². The molecule has 0 fully saturated rings. The van der Waals surface area contributed by atoms with Crippen molar-refractivity contribution in [3.63, 3.8) is 0 Å². The van der Waals surface area contributed by atoms with Crippen molar-refractivity contribution in [3.05, 3.63) is 76.1 Å². The molecule has 0 radical (unpaired) electrons. The molecule has 4 rings (SSSR count). The fourth-order valence-electron chi connectivity index (χ4n) is 4.37. The van der Waals surface area contributed by atoms with Crippen LogP contribution in [0.25, 0.3) is 10.2 Å². The summed E-state index contributed by atoms with van der Waals surface area (Å²) in [5.74, 6) is -0.530. The zero-order chi connectivity index (χ0) is 22.4. The Bertz CT molecular complexity index is 1240. The molecule has 0 aliphatic carbocycles. The molecular weight excluding hydrogens is 408 g/mol. The van der Waals surface area contributed by atoms with Gasteiger partial charge in [0.05, 0.1) is 10.2 Å². The molecule has 1 aliphatic heterocycles. The second kappa shape index (κ2) is 7.78. The van der Waals surface area contributed by atoms with Crippen molar-refractivity contribution in [1.82, 2.24) is 4.98 Å². The Morgan fingerprint density at radius 1 is 0.935 bits per heavy atom. The quantitative estimate of drug-likeness (QED) is 0.578. The number of phenolic OH excluding ortho intramolecular Hbond substituents is 1. The molecule has 1 aliphatic rings. The lowest BCUT2D eigenvalue weighted by molar-refractivity contribution is -0.114. The molecule has 2 heterocycles. The summed E-state index contributed by atoms with van der Waals surface area (Å²) in [6.07, 6.45) is 0. The number of Topliss-reactive ketones (excluding diaryl/α,β-unsaturated/α-hetero) is 2. The van der Waals surface area contributed by atoms with E-state index in [0.717, 1.165) is 37.9 Å². The molecule has 5 nitrogen and oxygen atoms in total. The van der Waals surface area contributed by atoms with Crippen LogP contribution in [0.1, 0.15) is 44.7 Å². The van der Waals surface area contributed by atoms with Gasteiger partial charge in [0.15, 0.2) is 16.7 Å². The highest BCUT2D eigenvalue weighted by molar-refractivity contribution is 7.22. The van der Waals surface area contributed by atoms with Gasteiger partial charge >= 0.3 is 0 Å². The average molecular weight is 433 g/mol. The molecule has 158 valence electrons. The van der Waals surface area contributed by atoms with Crippen molar-refractivity contribution in [3.8, 4) is 5.75 Å². The third-order valence-electron chi connectivity index (χ3n) is 5.74. The van der Waals surface area contributed by atoms with E-state index in [1.807, 2.05) is 37.8 Å². The van der Waals surface area contributed by atoms with Crippen LogP contribution in [0.15, 0.2) is 65.0 Å². The van der Waals surface area contributed by atoms with Crippen LogP contribution in [0.5, 0.6) is 5.75 Å². The van der Waals surface area contributed by atoms with Crippen molar-refractivity contribution in [2.45, 2.75) is 40.5 Å². The molecule has 0 amide bonds. The number of hydrogen-bond acceptors (Lipinski definition) is 6. The monoisotopic (exact) mass is 432 g/mol. The predicted molar refractivity (Wildman–Crippen MR) is 124 cm³/mol. The molecule has 2 aromatic carbocycles. The van der Waals surface area contributed by atoms with Gasteiger partial charge in [-0.25, -0.2) is 4.98 Å². The van der Waals surface area contributed by atoms with Crippen LogP contribution in [-0.2, 0) is 9.59 Å². The summed E-state index contributed by atoms with van der Waals surface area (Å²) in [5.41, 5.74) is 5.51. The number of aryl methyl sites for hydroxylation is 1. The molecule has 0 spiro atoms. The Labute approximate surface area is 185 Å². The summed E-state index contributed by atoms with van der Waals surface area (Å²) in [5, 5.41) is 10.4. The highest BCUT2D eigenvalue weighted by atomic mass is 32.1. The molecular formula is C25H24N2O3S. The first-order valence-corrected chi connectivity index (χ1v) is 10.9. The minimum atomic E-state index is -0.483. The van der Waals surface area contributed by atoms with Gasteiger partial charge in [0.25, 0.3) is 0 Å². The maximum atomic E-state index is 12.8. The second-order valence-electron chi connectivity index (χ2n) is 7.94. The molecule has 0 atom stereocenters. The molecule has 1 N–H and O–H groups in total. The number of rotatable bonds is 4. The highest BCUT2D eigenvalue weighted by Gasteiger charge is 2.38. The van der Waals surface area contributed by atoms with Gasteiger partial charge < -0.3 is 5.11 Å². The van der Waals surface area contributed by atoms with E-state index in [2.05, 4.69) is 6.07 Å². The average Bonchev–Trinajstić information content (AvgIpc) is 3.10. The lowest BCUT2D eigenvalue weighted by Crippen LogP contribution is -2.33. The van der Waals surface area contributed by atoms with E-state index >= 15 is 0 Å². The van der Waals surface area contributed by atoms with Crippen LogP contribution >= 0.6 is 11.3 Å². The van der Waals surface area contributed by atoms with Crippen LogP contribution in [0.4, 0.5) is 5.13 Å². The number of fused-ring (bicyclic) bond motifs is 1. The predicted octanol–water partition coefficient (Wildman–Crippen LogP) is 5.64. The van der Waals surface area contributed by atoms with Crippen molar-refractivity contribution in [2.24, 2.45) is 0 Å². The minimum Gasteiger partial charge on any atom is -0.508 e. The van der Waals surface area contributed by atoms with Crippen LogP contribution in [-0.4, -0.2) is 21.7 Å².